The van der Waals surface area contributed by atoms with E-state index in [9.17, 15) is 15.3 Å². The van der Waals surface area contributed by atoms with E-state index in [0.717, 1.165) is 20.4 Å². The van der Waals surface area contributed by atoms with Gasteiger partial charge < -0.3 is 4.90 Å². The van der Waals surface area contributed by atoms with Gasteiger partial charge in [-0.25, -0.2) is 0 Å². The van der Waals surface area contributed by atoms with E-state index < -0.39 is 23.4 Å². The molecule has 4 rings (SSSR count). The van der Waals surface area contributed by atoms with E-state index in [1.54, 1.807) is 6.92 Å². The van der Waals surface area contributed by atoms with Crippen LogP contribution < -0.4 is 4.90 Å². The van der Waals surface area contributed by atoms with Crippen LogP contribution in [0.3, 0.4) is 0 Å². The Bertz CT molecular complexity index is 1030. The lowest BCUT2D eigenvalue weighted by atomic mass is 9.69. The molecule has 2 heterocycles. The number of ketones is 1. The third kappa shape index (κ3) is 2.49. The molecule has 1 fully saturated rings. The van der Waals surface area contributed by atoms with Crippen molar-refractivity contribution >= 4 is 40.1 Å². The first-order valence-corrected chi connectivity index (χ1v) is 9.75. The highest BCUT2D eigenvalue weighted by Crippen LogP contribution is 2.55. The molecule has 5 heteroatoms. The van der Waals surface area contributed by atoms with E-state index in [4.69, 9.17) is 0 Å². The van der Waals surface area contributed by atoms with E-state index in [1.165, 1.54) is 0 Å². The summed E-state index contributed by atoms with van der Waals surface area (Å²) in [5, 5.41) is 20.3. The first-order valence-electron chi connectivity index (χ1n) is 8.67. The van der Waals surface area contributed by atoms with Crippen molar-refractivity contribution < 1.29 is 4.79 Å². The number of nitriles is 2. The Hall–Kier alpha value is -2.64. The summed E-state index contributed by atoms with van der Waals surface area (Å²) in [6.07, 6.45) is 3.85. The van der Waals surface area contributed by atoms with Gasteiger partial charge in [0.2, 0.25) is 0 Å². The fourth-order valence-electron chi connectivity index (χ4n) is 4.46. The standard InChI is InChI=1S/C22H16IN3O/c1-14(27)21-20(16-6-4-7-17(23)11-16)22(12-24,13-25)19-10-9-15-5-2-3-8-18(15)26(19)21/h2-11,19-21H,1H3/t19-,20+,21+/m0/s1. The van der Waals surface area contributed by atoms with Gasteiger partial charge in [0.25, 0.3) is 0 Å². The Balaban J connectivity index is 2.01. The third-order valence-corrected chi connectivity index (χ3v) is 6.21. The zero-order chi connectivity index (χ0) is 19.2. The zero-order valence-electron chi connectivity index (χ0n) is 14.6. The molecule has 0 spiro atoms. The number of halogens is 1. The van der Waals surface area contributed by atoms with Gasteiger partial charge >= 0.3 is 0 Å². The van der Waals surface area contributed by atoms with Crippen molar-refractivity contribution in [3.8, 4) is 12.1 Å². The summed E-state index contributed by atoms with van der Waals surface area (Å²) in [4.78, 5) is 14.8. The molecule has 4 nitrogen and oxygen atoms in total. The van der Waals surface area contributed by atoms with Gasteiger partial charge in [-0.2, -0.15) is 10.5 Å². The van der Waals surface area contributed by atoms with Crippen molar-refractivity contribution in [1.82, 2.24) is 0 Å². The van der Waals surface area contributed by atoms with E-state index in [0.29, 0.717) is 0 Å². The van der Waals surface area contributed by atoms with E-state index in [1.807, 2.05) is 65.6 Å². The van der Waals surface area contributed by atoms with Gasteiger partial charge in [-0.3, -0.25) is 4.79 Å². The Morgan fingerprint density at radius 2 is 1.89 bits per heavy atom. The molecule has 2 aromatic rings. The topological polar surface area (TPSA) is 67.9 Å². The van der Waals surface area contributed by atoms with Gasteiger partial charge in [0.15, 0.2) is 11.2 Å². The number of nitrogens with zero attached hydrogens (tertiary/aromatic N) is 3. The summed E-state index contributed by atoms with van der Waals surface area (Å²) in [6, 6.07) is 19.1. The maximum Gasteiger partial charge on any atom is 0.176 e. The molecular formula is C22H16IN3O. The van der Waals surface area contributed by atoms with Crippen LogP contribution in [-0.4, -0.2) is 17.9 Å². The summed E-state index contributed by atoms with van der Waals surface area (Å²) in [5.74, 6) is -0.568. The number of fused-ring (bicyclic) bond motifs is 3. The van der Waals surface area contributed by atoms with Crippen LogP contribution >= 0.6 is 22.6 Å². The molecule has 0 unspecified atom stereocenters. The van der Waals surface area contributed by atoms with Crippen LogP contribution in [0.25, 0.3) is 6.08 Å². The second-order valence-corrected chi connectivity index (χ2v) is 8.20. The van der Waals surface area contributed by atoms with Gasteiger partial charge in [0.05, 0.1) is 24.2 Å². The fourth-order valence-corrected chi connectivity index (χ4v) is 5.03. The molecule has 2 aromatic carbocycles. The van der Waals surface area contributed by atoms with Crippen molar-refractivity contribution in [3.05, 3.63) is 69.3 Å². The normalized spacial score (nSPS) is 24.4. The molecule has 27 heavy (non-hydrogen) atoms. The molecule has 0 N–H and O–H groups in total. The number of hydrogen-bond acceptors (Lipinski definition) is 4. The molecular weight excluding hydrogens is 449 g/mol. The number of anilines is 1. The maximum absolute atomic E-state index is 12.8. The minimum Gasteiger partial charge on any atom is -0.351 e. The van der Waals surface area contributed by atoms with Crippen LogP contribution in [0.4, 0.5) is 5.69 Å². The molecule has 0 radical (unpaired) electrons. The summed E-state index contributed by atoms with van der Waals surface area (Å²) in [6.45, 7) is 1.55. The van der Waals surface area contributed by atoms with Gasteiger partial charge in [-0.05, 0) is 58.8 Å². The highest BCUT2D eigenvalue weighted by molar-refractivity contribution is 14.1. The molecule has 1 saturated heterocycles. The Kier molecular flexibility index (Phi) is 4.28. The van der Waals surface area contributed by atoms with Gasteiger partial charge in [0.1, 0.15) is 0 Å². The van der Waals surface area contributed by atoms with Crippen LogP contribution in [0.2, 0.25) is 0 Å². The molecule has 132 valence electrons. The van der Waals surface area contributed by atoms with Crippen molar-refractivity contribution in [1.29, 1.82) is 10.5 Å². The highest BCUT2D eigenvalue weighted by atomic mass is 127. The quantitative estimate of drug-likeness (QED) is 0.621. The van der Waals surface area contributed by atoms with E-state index in [2.05, 4.69) is 34.7 Å². The molecule has 0 aromatic heterocycles. The average Bonchev–Trinajstić information content (AvgIpc) is 2.99. The predicted octanol–water partition coefficient (Wildman–Crippen LogP) is 4.28. The van der Waals surface area contributed by atoms with Gasteiger partial charge in [-0.15, -0.1) is 0 Å². The monoisotopic (exact) mass is 465 g/mol. The lowest BCUT2D eigenvalue weighted by molar-refractivity contribution is -0.118. The molecule has 0 aliphatic carbocycles. The lowest BCUT2D eigenvalue weighted by Gasteiger charge is -2.35. The first kappa shape index (κ1) is 17.8. The number of benzene rings is 2. The number of carbonyl (C=O) groups excluding carboxylic acids is 1. The van der Waals surface area contributed by atoms with E-state index >= 15 is 0 Å². The van der Waals surface area contributed by atoms with Crippen LogP contribution in [0.5, 0.6) is 0 Å². The second kappa shape index (κ2) is 6.51. The predicted molar refractivity (Wildman–Crippen MR) is 112 cm³/mol. The van der Waals surface area contributed by atoms with Crippen LogP contribution in [0.15, 0.2) is 54.6 Å². The van der Waals surface area contributed by atoms with E-state index in [-0.39, 0.29) is 5.78 Å². The molecule has 0 bridgehead atoms. The number of para-hydroxylation sites is 1. The van der Waals surface area contributed by atoms with Crippen LogP contribution in [0.1, 0.15) is 24.0 Å². The molecule has 0 amide bonds. The van der Waals surface area contributed by atoms with Crippen LogP contribution in [-0.2, 0) is 4.79 Å². The van der Waals surface area contributed by atoms with Crippen molar-refractivity contribution in [2.75, 3.05) is 4.90 Å². The smallest absolute Gasteiger partial charge is 0.176 e. The number of rotatable bonds is 2. The summed E-state index contributed by atoms with van der Waals surface area (Å²) in [7, 11) is 0. The highest BCUT2D eigenvalue weighted by Gasteiger charge is 2.62. The second-order valence-electron chi connectivity index (χ2n) is 6.95. The third-order valence-electron chi connectivity index (χ3n) is 5.54. The minimum absolute atomic E-state index is 0.0404. The van der Waals surface area contributed by atoms with Crippen molar-refractivity contribution in [3.63, 3.8) is 0 Å². The average molecular weight is 465 g/mol. The Morgan fingerprint density at radius 3 is 2.56 bits per heavy atom. The summed E-state index contributed by atoms with van der Waals surface area (Å²) < 4.78 is 1.01. The molecule has 3 atom stereocenters. The summed E-state index contributed by atoms with van der Waals surface area (Å²) in [5.41, 5.74) is 1.40. The number of hydrogen-bond donors (Lipinski definition) is 0. The lowest BCUT2D eigenvalue weighted by Crippen LogP contribution is -2.43. The Morgan fingerprint density at radius 1 is 1.15 bits per heavy atom. The van der Waals surface area contributed by atoms with Crippen molar-refractivity contribution in [2.45, 2.75) is 24.9 Å². The first-order chi connectivity index (χ1) is 13.0. The number of carbonyl (C=O) groups is 1. The largest absolute Gasteiger partial charge is 0.351 e. The van der Waals surface area contributed by atoms with Crippen molar-refractivity contribution in [2.24, 2.45) is 5.41 Å². The van der Waals surface area contributed by atoms with Gasteiger partial charge in [0, 0.05) is 15.2 Å². The zero-order valence-corrected chi connectivity index (χ0v) is 16.8. The minimum atomic E-state index is -1.34. The van der Waals surface area contributed by atoms with Crippen LogP contribution in [0, 0.1) is 31.6 Å². The SMILES string of the molecule is CC(=O)[C@@H]1[C@@H](c2cccc(I)c2)C(C#N)(C#N)[C@@H]2C=Cc3ccccc3N12. The maximum atomic E-state index is 12.8. The fraction of sp³-hybridized carbons (Fsp3) is 0.227. The van der Waals surface area contributed by atoms with Gasteiger partial charge in [-0.1, -0.05) is 42.5 Å². The molecule has 0 saturated carbocycles. The molecule has 2 aliphatic rings. The molecule has 2 aliphatic heterocycles. The summed E-state index contributed by atoms with van der Waals surface area (Å²) >= 11 is 2.22. The number of Topliss-reactive ketones (excluding diaryl/α,β-unsaturated/α-hetero) is 1. The Labute approximate surface area is 171 Å².